The van der Waals surface area contributed by atoms with E-state index in [1.54, 1.807) is 7.05 Å². The predicted octanol–water partition coefficient (Wildman–Crippen LogP) is 2.24. The molecule has 1 aromatic carbocycles. The second-order valence-electron chi connectivity index (χ2n) is 5.65. The Kier molecular flexibility index (Phi) is 6.01. The number of para-hydroxylation sites is 1. The van der Waals surface area contributed by atoms with Crippen LogP contribution in [0.25, 0.3) is 5.69 Å². The van der Waals surface area contributed by atoms with E-state index in [9.17, 15) is 0 Å². The van der Waals surface area contributed by atoms with Crippen LogP contribution in [0.15, 0.2) is 47.7 Å². The molecule has 0 saturated heterocycles. The maximum atomic E-state index is 4.41. The normalized spacial score (nSPS) is 11.7. The first kappa shape index (κ1) is 16.1. The van der Waals surface area contributed by atoms with Crippen LogP contribution in [0, 0.1) is 5.92 Å². The van der Waals surface area contributed by atoms with E-state index in [2.05, 4.69) is 40.8 Å². The highest BCUT2D eigenvalue weighted by Gasteiger charge is 2.02. The predicted molar refractivity (Wildman–Crippen MR) is 91.5 cm³/mol. The molecule has 2 rings (SSSR count). The van der Waals surface area contributed by atoms with Gasteiger partial charge in [0.2, 0.25) is 0 Å². The highest BCUT2D eigenvalue weighted by atomic mass is 15.3. The fourth-order valence-corrected chi connectivity index (χ4v) is 2.06. The van der Waals surface area contributed by atoms with Crippen LogP contribution in [-0.2, 0) is 6.42 Å². The van der Waals surface area contributed by atoms with Gasteiger partial charge in [0, 0.05) is 26.3 Å². The average molecular weight is 299 g/mol. The van der Waals surface area contributed by atoms with E-state index >= 15 is 0 Å². The number of hydrogen-bond donors (Lipinski definition) is 2. The summed E-state index contributed by atoms with van der Waals surface area (Å²) in [6.45, 7) is 6.11. The molecule has 1 aromatic heterocycles. The van der Waals surface area contributed by atoms with Gasteiger partial charge in [0.1, 0.15) is 0 Å². The van der Waals surface area contributed by atoms with Crippen LogP contribution in [0.2, 0.25) is 0 Å². The summed E-state index contributed by atoms with van der Waals surface area (Å²) in [4.78, 5) is 4.22. The zero-order valence-corrected chi connectivity index (χ0v) is 13.6. The van der Waals surface area contributed by atoms with Gasteiger partial charge in [-0.2, -0.15) is 5.10 Å². The second kappa shape index (κ2) is 8.22. The van der Waals surface area contributed by atoms with Crippen LogP contribution in [-0.4, -0.2) is 35.9 Å². The lowest BCUT2D eigenvalue weighted by atomic mass is 10.2. The van der Waals surface area contributed by atoms with E-state index in [1.807, 2.05) is 41.2 Å². The highest BCUT2D eigenvalue weighted by molar-refractivity contribution is 5.79. The summed E-state index contributed by atoms with van der Waals surface area (Å²) in [6.07, 6.45) is 4.90. The maximum Gasteiger partial charge on any atom is 0.190 e. The number of aliphatic imine (C=N–C) groups is 1. The van der Waals surface area contributed by atoms with Crippen molar-refractivity contribution in [2.24, 2.45) is 10.9 Å². The number of benzene rings is 1. The molecule has 0 aliphatic carbocycles. The Morgan fingerprint density at radius 3 is 2.68 bits per heavy atom. The topological polar surface area (TPSA) is 54.2 Å². The number of hydrogen-bond acceptors (Lipinski definition) is 2. The quantitative estimate of drug-likeness (QED) is 0.635. The van der Waals surface area contributed by atoms with Gasteiger partial charge in [0.25, 0.3) is 0 Å². The van der Waals surface area contributed by atoms with Crippen molar-refractivity contribution in [2.75, 3.05) is 20.1 Å². The number of aromatic nitrogens is 2. The van der Waals surface area contributed by atoms with E-state index in [4.69, 9.17) is 0 Å². The van der Waals surface area contributed by atoms with Crippen LogP contribution in [0.3, 0.4) is 0 Å². The minimum atomic E-state index is 0.600. The van der Waals surface area contributed by atoms with Crippen molar-refractivity contribution in [3.05, 3.63) is 48.3 Å². The van der Waals surface area contributed by atoms with Crippen molar-refractivity contribution in [2.45, 2.75) is 20.3 Å². The fourth-order valence-electron chi connectivity index (χ4n) is 2.06. The monoisotopic (exact) mass is 299 g/mol. The molecule has 2 N–H and O–H groups in total. The Bertz CT molecular complexity index is 586. The molecule has 0 aliphatic heterocycles. The Morgan fingerprint density at radius 1 is 1.23 bits per heavy atom. The molecule has 0 aliphatic rings. The van der Waals surface area contributed by atoms with Gasteiger partial charge in [-0.15, -0.1) is 0 Å². The zero-order chi connectivity index (χ0) is 15.8. The summed E-state index contributed by atoms with van der Waals surface area (Å²) in [6, 6.07) is 10.1. The molecule has 0 atom stereocenters. The Morgan fingerprint density at radius 2 is 2.00 bits per heavy atom. The minimum absolute atomic E-state index is 0.600. The van der Waals surface area contributed by atoms with Crippen molar-refractivity contribution < 1.29 is 0 Å². The number of nitrogens with zero attached hydrogens (tertiary/aromatic N) is 3. The summed E-state index contributed by atoms with van der Waals surface area (Å²) < 4.78 is 1.90. The summed E-state index contributed by atoms with van der Waals surface area (Å²) in [5.41, 5.74) is 2.28. The molecule has 0 spiro atoms. The molecule has 2 aromatic rings. The van der Waals surface area contributed by atoms with Crippen LogP contribution >= 0.6 is 0 Å². The lowest BCUT2D eigenvalue weighted by Crippen LogP contribution is -2.39. The smallest absolute Gasteiger partial charge is 0.190 e. The van der Waals surface area contributed by atoms with E-state index < -0.39 is 0 Å². The first-order valence-electron chi connectivity index (χ1n) is 7.72. The first-order valence-corrected chi connectivity index (χ1v) is 7.72. The van der Waals surface area contributed by atoms with Gasteiger partial charge < -0.3 is 10.6 Å². The highest BCUT2D eigenvalue weighted by Crippen LogP contribution is 2.07. The second-order valence-corrected chi connectivity index (χ2v) is 5.65. The summed E-state index contributed by atoms with van der Waals surface area (Å²) in [5.74, 6) is 1.45. The lowest BCUT2D eigenvalue weighted by Gasteiger charge is -2.12. The molecular weight excluding hydrogens is 274 g/mol. The first-order chi connectivity index (χ1) is 10.7. The standard InChI is InChI=1S/C17H25N5/c1-14(2)11-20-17(18-3)19-10-9-15-12-21-22(13-15)16-7-5-4-6-8-16/h4-8,12-14H,9-11H2,1-3H3,(H2,18,19,20). The average Bonchev–Trinajstić information content (AvgIpc) is 3.00. The van der Waals surface area contributed by atoms with Gasteiger partial charge in [0.05, 0.1) is 11.9 Å². The molecule has 0 fully saturated rings. The molecule has 0 amide bonds. The Labute approximate surface area is 132 Å². The third-order valence-electron chi connectivity index (χ3n) is 3.26. The van der Waals surface area contributed by atoms with Gasteiger partial charge in [-0.3, -0.25) is 4.99 Å². The lowest BCUT2D eigenvalue weighted by molar-refractivity contribution is 0.614. The van der Waals surface area contributed by atoms with Crippen molar-refractivity contribution in [1.82, 2.24) is 20.4 Å². The van der Waals surface area contributed by atoms with Gasteiger partial charge in [-0.25, -0.2) is 4.68 Å². The van der Waals surface area contributed by atoms with Crippen LogP contribution < -0.4 is 10.6 Å². The van der Waals surface area contributed by atoms with Crippen LogP contribution in [0.5, 0.6) is 0 Å². The van der Waals surface area contributed by atoms with Gasteiger partial charge in [0.15, 0.2) is 5.96 Å². The van der Waals surface area contributed by atoms with E-state index in [0.717, 1.165) is 31.2 Å². The molecule has 22 heavy (non-hydrogen) atoms. The van der Waals surface area contributed by atoms with Gasteiger partial charge >= 0.3 is 0 Å². The SMILES string of the molecule is CN=C(NCCc1cnn(-c2ccccc2)c1)NCC(C)C. The summed E-state index contributed by atoms with van der Waals surface area (Å²) >= 11 is 0. The molecule has 0 saturated carbocycles. The molecule has 5 heteroatoms. The van der Waals surface area contributed by atoms with E-state index in [1.165, 1.54) is 5.56 Å². The number of rotatable bonds is 6. The van der Waals surface area contributed by atoms with E-state index in [0.29, 0.717) is 5.92 Å². The minimum Gasteiger partial charge on any atom is -0.356 e. The molecule has 118 valence electrons. The molecule has 1 heterocycles. The van der Waals surface area contributed by atoms with Crippen LogP contribution in [0.1, 0.15) is 19.4 Å². The Balaban J connectivity index is 1.81. The third kappa shape index (κ3) is 4.91. The summed E-state index contributed by atoms with van der Waals surface area (Å²) in [5, 5.41) is 11.0. The number of guanidine groups is 1. The molecule has 0 radical (unpaired) electrons. The van der Waals surface area contributed by atoms with Gasteiger partial charge in [-0.1, -0.05) is 32.0 Å². The number of nitrogens with one attached hydrogen (secondary N) is 2. The fraction of sp³-hybridized carbons (Fsp3) is 0.412. The largest absolute Gasteiger partial charge is 0.356 e. The van der Waals surface area contributed by atoms with Crippen molar-refractivity contribution >= 4 is 5.96 Å². The summed E-state index contributed by atoms with van der Waals surface area (Å²) in [7, 11) is 1.79. The maximum absolute atomic E-state index is 4.41. The van der Waals surface area contributed by atoms with E-state index in [-0.39, 0.29) is 0 Å². The zero-order valence-electron chi connectivity index (χ0n) is 13.6. The Hall–Kier alpha value is -2.30. The molecule has 0 bridgehead atoms. The third-order valence-corrected chi connectivity index (χ3v) is 3.26. The van der Waals surface area contributed by atoms with Crippen molar-refractivity contribution in [3.8, 4) is 5.69 Å². The molecule has 0 unspecified atom stereocenters. The van der Waals surface area contributed by atoms with Gasteiger partial charge in [-0.05, 0) is 30.0 Å². The molecule has 5 nitrogen and oxygen atoms in total. The van der Waals surface area contributed by atoms with Crippen molar-refractivity contribution in [3.63, 3.8) is 0 Å². The molecular formula is C17H25N5. The van der Waals surface area contributed by atoms with Crippen molar-refractivity contribution in [1.29, 1.82) is 0 Å². The van der Waals surface area contributed by atoms with Crippen LogP contribution in [0.4, 0.5) is 0 Å².